The number of aryl methyl sites for hydroxylation is 1. The third kappa shape index (κ3) is 17.5. The molecule has 0 aliphatic rings. The van der Waals surface area contributed by atoms with E-state index in [1.807, 2.05) is 24.3 Å². The molecule has 308 valence electrons. The molecule has 0 spiro atoms. The van der Waals surface area contributed by atoms with Gasteiger partial charge in [-0.15, -0.1) is 0 Å². The van der Waals surface area contributed by atoms with Crippen molar-refractivity contribution < 1.29 is 38.0 Å². The lowest BCUT2D eigenvalue weighted by molar-refractivity contribution is -0.155. The second-order valence-corrected chi connectivity index (χ2v) is 15.0. The van der Waals surface area contributed by atoms with Crippen molar-refractivity contribution in [3.63, 3.8) is 0 Å². The molecular weight excluding hydrogens is 693 g/mol. The van der Waals surface area contributed by atoms with E-state index in [1.165, 1.54) is 51.4 Å². The summed E-state index contributed by atoms with van der Waals surface area (Å²) in [6.45, 7) is 12.8. The summed E-state index contributed by atoms with van der Waals surface area (Å²) in [5, 5.41) is 3.55. The highest BCUT2D eigenvalue weighted by Crippen LogP contribution is 2.43. The van der Waals surface area contributed by atoms with Gasteiger partial charge in [-0.25, -0.2) is 0 Å². The molecule has 8 heteroatoms. The number of rotatable bonds is 32. The van der Waals surface area contributed by atoms with Crippen LogP contribution in [0.25, 0.3) is 21.5 Å². The minimum atomic E-state index is -0.543. The maximum Gasteiger partial charge on any atom is 0.306 e. The van der Waals surface area contributed by atoms with Gasteiger partial charge in [0, 0.05) is 47.6 Å². The maximum atomic E-state index is 12.8. The fourth-order valence-electron chi connectivity index (χ4n) is 6.64. The lowest BCUT2D eigenvalue weighted by Gasteiger charge is -2.23. The smallest absolute Gasteiger partial charge is 0.306 e. The van der Waals surface area contributed by atoms with E-state index in [0.717, 1.165) is 78.5 Å². The molecule has 0 radical (unpaired) electrons. The summed E-state index contributed by atoms with van der Waals surface area (Å²) in [6, 6.07) is 14.3. The molecule has 3 rings (SSSR count). The van der Waals surface area contributed by atoms with Crippen LogP contribution < -0.4 is 9.47 Å². The third-order valence-electron chi connectivity index (χ3n) is 9.86. The first kappa shape index (κ1) is 46.0. The molecule has 3 aromatic carbocycles. The van der Waals surface area contributed by atoms with Crippen molar-refractivity contribution in [2.75, 3.05) is 39.6 Å². The van der Waals surface area contributed by atoms with Crippen LogP contribution in [0, 0.1) is 6.92 Å². The minimum absolute atomic E-state index is 0.160. The van der Waals surface area contributed by atoms with Gasteiger partial charge in [0.25, 0.3) is 0 Å². The van der Waals surface area contributed by atoms with E-state index in [-0.39, 0.29) is 38.4 Å². The second kappa shape index (κ2) is 28.1. The van der Waals surface area contributed by atoms with Gasteiger partial charge in [0.1, 0.15) is 24.7 Å². The Labute approximate surface area is 332 Å². The van der Waals surface area contributed by atoms with Crippen LogP contribution in [0.15, 0.2) is 42.5 Å². The van der Waals surface area contributed by atoms with E-state index in [2.05, 4.69) is 52.8 Å². The number of carbonyl (C=O) groups excluding carboxylic acids is 2. The number of hydrogen-bond donors (Lipinski definition) is 0. The molecule has 0 aromatic heterocycles. The van der Waals surface area contributed by atoms with Crippen LogP contribution in [-0.4, -0.2) is 63.8 Å². The van der Waals surface area contributed by atoms with Crippen LogP contribution in [0.5, 0.6) is 11.5 Å². The Kier molecular flexibility index (Phi) is 23.5. The molecule has 3 aromatic rings. The molecule has 0 fully saturated rings. The Morgan fingerprint density at radius 2 is 0.909 bits per heavy atom. The normalized spacial score (nSPS) is 12.5. The van der Waals surface area contributed by atoms with E-state index < -0.39 is 12.2 Å². The molecule has 2 unspecified atom stereocenters. The van der Waals surface area contributed by atoms with Gasteiger partial charge in [0.05, 0.1) is 13.2 Å². The number of ether oxygens (including phenoxy) is 6. The second-order valence-electron chi connectivity index (χ2n) is 15.0. The SMILES string of the molecule is CCCCCCCCOCC(COc1c2ccccc2c(OCC(COCCCCCCCC)OC(=O)CCCC)c2cc(C)ccc12)OC(=O)CCCC. The quantitative estimate of drug-likeness (QED) is 0.0353. The number of carbonyl (C=O) groups is 2. The Balaban J connectivity index is 1.81. The molecule has 0 heterocycles. The molecular formula is C47H72O8. The Hall–Kier alpha value is -3.36. The van der Waals surface area contributed by atoms with Gasteiger partial charge < -0.3 is 28.4 Å². The first-order valence-electron chi connectivity index (χ1n) is 21.7. The zero-order valence-corrected chi connectivity index (χ0v) is 34.9. The van der Waals surface area contributed by atoms with Gasteiger partial charge in [-0.05, 0) is 38.7 Å². The zero-order chi connectivity index (χ0) is 39.5. The van der Waals surface area contributed by atoms with Crippen LogP contribution in [0.1, 0.15) is 149 Å². The first-order chi connectivity index (χ1) is 26.9. The first-order valence-corrected chi connectivity index (χ1v) is 21.7. The Bertz CT molecular complexity index is 1500. The maximum absolute atomic E-state index is 12.8. The molecule has 0 aliphatic carbocycles. The summed E-state index contributed by atoms with van der Waals surface area (Å²) in [6.07, 6.45) is 17.3. The molecule has 0 amide bonds. The summed E-state index contributed by atoms with van der Waals surface area (Å²) in [5.41, 5.74) is 1.08. The highest BCUT2D eigenvalue weighted by molar-refractivity contribution is 6.11. The van der Waals surface area contributed by atoms with Gasteiger partial charge >= 0.3 is 11.9 Å². The highest BCUT2D eigenvalue weighted by atomic mass is 16.6. The van der Waals surface area contributed by atoms with Crippen molar-refractivity contribution >= 4 is 33.5 Å². The van der Waals surface area contributed by atoms with Crippen molar-refractivity contribution in [1.29, 1.82) is 0 Å². The molecule has 55 heavy (non-hydrogen) atoms. The van der Waals surface area contributed by atoms with Crippen molar-refractivity contribution in [3.05, 3.63) is 48.0 Å². The summed E-state index contributed by atoms with van der Waals surface area (Å²) >= 11 is 0. The van der Waals surface area contributed by atoms with E-state index in [9.17, 15) is 9.59 Å². The number of hydrogen-bond acceptors (Lipinski definition) is 8. The average Bonchev–Trinajstić information content (AvgIpc) is 3.19. The Morgan fingerprint density at radius 1 is 0.491 bits per heavy atom. The van der Waals surface area contributed by atoms with Crippen LogP contribution in [0.4, 0.5) is 0 Å². The van der Waals surface area contributed by atoms with Crippen molar-refractivity contribution in [2.45, 2.75) is 162 Å². The van der Waals surface area contributed by atoms with Crippen LogP contribution in [-0.2, 0) is 28.5 Å². The molecule has 0 saturated heterocycles. The number of fused-ring (bicyclic) bond motifs is 2. The standard InChI is InChI=1S/C47H72O8/c1-6-10-14-16-18-22-30-50-33-38(54-44(48)26-12-8-3)35-52-46-40-24-20-21-25-41(40)47(43-32-37(5)28-29-42(43)46)53-36-39(55-45(49)27-13-9-4)34-51-31-23-19-17-15-11-7-2/h20-21,24-25,28-29,32,38-39H,6-19,22-23,26-27,30-31,33-36H2,1-5H3. The molecule has 0 bridgehead atoms. The summed E-state index contributed by atoms with van der Waals surface area (Å²) in [4.78, 5) is 25.5. The van der Waals surface area contributed by atoms with Gasteiger partial charge in [0.15, 0.2) is 12.2 Å². The molecule has 0 aliphatic heterocycles. The van der Waals surface area contributed by atoms with Gasteiger partial charge in [0.2, 0.25) is 0 Å². The lowest BCUT2D eigenvalue weighted by Crippen LogP contribution is -2.30. The fraction of sp³-hybridized carbons (Fsp3) is 0.660. The summed E-state index contributed by atoms with van der Waals surface area (Å²) < 4.78 is 37.2. The monoisotopic (exact) mass is 765 g/mol. The molecule has 8 nitrogen and oxygen atoms in total. The zero-order valence-electron chi connectivity index (χ0n) is 34.9. The van der Waals surface area contributed by atoms with Gasteiger partial charge in [-0.3, -0.25) is 9.59 Å². The van der Waals surface area contributed by atoms with E-state index in [4.69, 9.17) is 28.4 Å². The van der Waals surface area contributed by atoms with Crippen LogP contribution in [0.3, 0.4) is 0 Å². The van der Waals surface area contributed by atoms with E-state index in [1.54, 1.807) is 0 Å². The fourth-order valence-corrected chi connectivity index (χ4v) is 6.64. The van der Waals surface area contributed by atoms with Crippen molar-refractivity contribution in [2.24, 2.45) is 0 Å². The van der Waals surface area contributed by atoms with Gasteiger partial charge in [-0.2, -0.15) is 0 Å². The minimum Gasteiger partial charge on any atom is -0.488 e. The predicted molar refractivity (Wildman–Crippen MR) is 224 cm³/mol. The largest absolute Gasteiger partial charge is 0.488 e. The predicted octanol–water partition coefficient (Wildman–Crippen LogP) is 12.0. The number of benzene rings is 3. The highest BCUT2D eigenvalue weighted by Gasteiger charge is 2.22. The summed E-state index contributed by atoms with van der Waals surface area (Å²) in [7, 11) is 0. The molecule has 0 saturated carbocycles. The van der Waals surface area contributed by atoms with Crippen molar-refractivity contribution in [3.8, 4) is 11.5 Å². The third-order valence-corrected chi connectivity index (χ3v) is 9.86. The molecule has 2 atom stereocenters. The molecule has 0 N–H and O–H groups in total. The van der Waals surface area contributed by atoms with Crippen LogP contribution in [0.2, 0.25) is 0 Å². The van der Waals surface area contributed by atoms with Gasteiger partial charge in [-0.1, -0.05) is 147 Å². The van der Waals surface area contributed by atoms with Crippen molar-refractivity contribution in [1.82, 2.24) is 0 Å². The number of unbranched alkanes of at least 4 members (excludes halogenated alkanes) is 12. The van der Waals surface area contributed by atoms with E-state index in [0.29, 0.717) is 37.6 Å². The number of esters is 2. The average molecular weight is 765 g/mol. The van der Waals surface area contributed by atoms with E-state index >= 15 is 0 Å². The topological polar surface area (TPSA) is 89.5 Å². The lowest BCUT2D eigenvalue weighted by atomic mass is 9.99. The Morgan fingerprint density at radius 3 is 1.38 bits per heavy atom. The summed E-state index contributed by atoms with van der Waals surface area (Å²) in [5.74, 6) is 0.952. The van der Waals surface area contributed by atoms with Crippen LogP contribution >= 0.6 is 0 Å².